The average molecular weight is 192 g/mol. The Balaban J connectivity index is 1.95. The third kappa shape index (κ3) is 2.17. The highest BCUT2D eigenvalue weighted by atomic mass is 16.5. The van der Waals surface area contributed by atoms with E-state index in [9.17, 15) is 0 Å². The number of anilines is 1. The summed E-state index contributed by atoms with van der Waals surface area (Å²) in [6, 6.07) is 8.63. The van der Waals surface area contributed by atoms with Crippen LogP contribution in [0.3, 0.4) is 0 Å². The first-order chi connectivity index (χ1) is 6.88. The lowest BCUT2D eigenvalue weighted by Crippen LogP contribution is -2.21. The van der Waals surface area contributed by atoms with E-state index in [0.29, 0.717) is 6.04 Å². The Kier molecular flexibility index (Phi) is 2.89. The number of nitrogens with one attached hydrogen (secondary N) is 2. The van der Waals surface area contributed by atoms with Crippen molar-refractivity contribution in [3.05, 3.63) is 24.3 Å². The van der Waals surface area contributed by atoms with Crippen LogP contribution in [-0.4, -0.2) is 26.2 Å². The highest BCUT2D eigenvalue weighted by Gasteiger charge is 2.13. The summed E-state index contributed by atoms with van der Waals surface area (Å²) in [5.41, 5.74) is 1.17. The molecule has 0 unspecified atom stereocenters. The van der Waals surface area contributed by atoms with Crippen LogP contribution in [0.15, 0.2) is 24.3 Å². The van der Waals surface area contributed by atoms with Crippen molar-refractivity contribution in [1.82, 2.24) is 5.32 Å². The van der Waals surface area contributed by atoms with Gasteiger partial charge in [0, 0.05) is 18.3 Å². The van der Waals surface area contributed by atoms with Crippen LogP contribution < -0.4 is 15.4 Å². The van der Waals surface area contributed by atoms with Gasteiger partial charge in [0.05, 0.1) is 7.11 Å². The van der Waals surface area contributed by atoms with Crippen molar-refractivity contribution >= 4 is 5.69 Å². The SMILES string of the molecule is COc1ccc(N[C@@H]2CCNC2)cc1. The maximum Gasteiger partial charge on any atom is 0.119 e. The molecule has 1 fully saturated rings. The van der Waals surface area contributed by atoms with Gasteiger partial charge in [-0.05, 0) is 37.2 Å². The Hall–Kier alpha value is -1.22. The molecule has 76 valence electrons. The quantitative estimate of drug-likeness (QED) is 0.761. The molecule has 1 aliphatic rings. The van der Waals surface area contributed by atoms with Gasteiger partial charge in [-0.25, -0.2) is 0 Å². The highest BCUT2D eigenvalue weighted by molar-refractivity contribution is 5.47. The zero-order chi connectivity index (χ0) is 9.80. The molecule has 0 aliphatic carbocycles. The van der Waals surface area contributed by atoms with Crippen LogP contribution in [0, 0.1) is 0 Å². The average Bonchev–Trinajstić information content (AvgIpc) is 2.72. The molecule has 1 aromatic rings. The van der Waals surface area contributed by atoms with Gasteiger partial charge in [-0.15, -0.1) is 0 Å². The first-order valence-corrected chi connectivity index (χ1v) is 5.00. The van der Waals surface area contributed by atoms with Crippen molar-refractivity contribution < 1.29 is 4.74 Å². The molecule has 1 aromatic carbocycles. The molecule has 0 saturated carbocycles. The van der Waals surface area contributed by atoms with Crippen LogP contribution in [0.2, 0.25) is 0 Å². The van der Waals surface area contributed by atoms with Gasteiger partial charge in [-0.3, -0.25) is 0 Å². The first kappa shape index (κ1) is 9.34. The number of methoxy groups -OCH3 is 1. The van der Waals surface area contributed by atoms with Gasteiger partial charge in [-0.1, -0.05) is 0 Å². The number of hydrogen-bond donors (Lipinski definition) is 2. The summed E-state index contributed by atoms with van der Waals surface area (Å²) in [6.45, 7) is 2.18. The predicted octanol–water partition coefficient (Wildman–Crippen LogP) is 1.47. The summed E-state index contributed by atoms with van der Waals surface area (Å²) in [5, 5.41) is 6.80. The number of rotatable bonds is 3. The smallest absolute Gasteiger partial charge is 0.119 e. The summed E-state index contributed by atoms with van der Waals surface area (Å²) >= 11 is 0. The second-order valence-electron chi connectivity index (χ2n) is 3.56. The molecule has 0 spiro atoms. The Labute approximate surface area is 84.5 Å². The van der Waals surface area contributed by atoms with E-state index in [2.05, 4.69) is 22.8 Å². The van der Waals surface area contributed by atoms with E-state index in [0.717, 1.165) is 18.8 Å². The van der Waals surface area contributed by atoms with Gasteiger partial charge in [0.2, 0.25) is 0 Å². The minimum absolute atomic E-state index is 0.573. The molecule has 3 nitrogen and oxygen atoms in total. The van der Waals surface area contributed by atoms with E-state index in [1.807, 2.05) is 12.1 Å². The van der Waals surface area contributed by atoms with Crippen molar-refractivity contribution in [3.63, 3.8) is 0 Å². The number of benzene rings is 1. The molecular formula is C11H16N2O. The maximum absolute atomic E-state index is 5.10. The van der Waals surface area contributed by atoms with Gasteiger partial charge in [-0.2, -0.15) is 0 Å². The van der Waals surface area contributed by atoms with Crippen LogP contribution >= 0.6 is 0 Å². The first-order valence-electron chi connectivity index (χ1n) is 5.00. The summed E-state index contributed by atoms with van der Waals surface area (Å²) in [7, 11) is 1.68. The van der Waals surface area contributed by atoms with E-state index < -0.39 is 0 Å². The number of ether oxygens (including phenoxy) is 1. The molecule has 0 bridgehead atoms. The summed E-state index contributed by atoms with van der Waals surface area (Å²) in [4.78, 5) is 0. The largest absolute Gasteiger partial charge is 0.497 e. The summed E-state index contributed by atoms with van der Waals surface area (Å²) in [6.07, 6.45) is 1.20. The third-order valence-corrected chi connectivity index (χ3v) is 2.52. The zero-order valence-corrected chi connectivity index (χ0v) is 8.42. The van der Waals surface area contributed by atoms with Gasteiger partial charge in [0.1, 0.15) is 5.75 Å². The summed E-state index contributed by atoms with van der Waals surface area (Å²) in [5.74, 6) is 0.903. The Bertz CT molecular complexity index is 278. The van der Waals surface area contributed by atoms with Crippen LogP contribution in [0.25, 0.3) is 0 Å². The lowest BCUT2D eigenvalue weighted by atomic mass is 10.2. The van der Waals surface area contributed by atoms with Crippen LogP contribution in [0.5, 0.6) is 5.75 Å². The van der Waals surface area contributed by atoms with E-state index in [1.54, 1.807) is 7.11 Å². The fraction of sp³-hybridized carbons (Fsp3) is 0.455. The van der Waals surface area contributed by atoms with Crippen LogP contribution in [-0.2, 0) is 0 Å². The van der Waals surface area contributed by atoms with Gasteiger partial charge >= 0.3 is 0 Å². The minimum Gasteiger partial charge on any atom is -0.497 e. The molecule has 1 aliphatic heterocycles. The molecule has 2 rings (SSSR count). The van der Waals surface area contributed by atoms with Crippen LogP contribution in [0.1, 0.15) is 6.42 Å². The lowest BCUT2D eigenvalue weighted by Gasteiger charge is -2.12. The molecule has 1 heterocycles. The predicted molar refractivity (Wildman–Crippen MR) is 57.9 cm³/mol. The molecule has 14 heavy (non-hydrogen) atoms. The summed E-state index contributed by atoms with van der Waals surface area (Å²) < 4.78 is 5.10. The lowest BCUT2D eigenvalue weighted by molar-refractivity contribution is 0.415. The van der Waals surface area contributed by atoms with E-state index in [4.69, 9.17) is 4.74 Å². The zero-order valence-electron chi connectivity index (χ0n) is 8.42. The second kappa shape index (κ2) is 4.33. The molecule has 3 heteroatoms. The van der Waals surface area contributed by atoms with E-state index in [1.165, 1.54) is 12.1 Å². The van der Waals surface area contributed by atoms with Crippen molar-refractivity contribution in [1.29, 1.82) is 0 Å². The molecule has 1 saturated heterocycles. The molecule has 0 amide bonds. The Morgan fingerprint density at radius 3 is 2.71 bits per heavy atom. The molecule has 2 N–H and O–H groups in total. The van der Waals surface area contributed by atoms with Crippen molar-refractivity contribution in [2.45, 2.75) is 12.5 Å². The second-order valence-corrected chi connectivity index (χ2v) is 3.56. The van der Waals surface area contributed by atoms with E-state index >= 15 is 0 Å². The van der Waals surface area contributed by atoms with Crippen molar-refractivity contribution in [2.75, 3.05) is 25.5 Å². The fourth-order valence-corrected chi connectivity index (χ4v) is 1.70. The Morgan fingerprint density at radius 1 is 1.36 bits per heavy atom. The topological polar surface area (TPSA) is 33.3 Å². The van der Waals surface area contributed by atoms with Crippen molar-refractivity contribution in [3.8, 4) is 5.75 Å². The minimum atomic E-state index is 0.573. The molecule has 0 radical (unpaired) electrons. The normalized spacial score (nSPS) is 20.8. The monoisotopic (exact) mass is 192 g/mol. The van der Waals surface area contributed by atoms with Gasteiger partial charge < -0.3 is 15.4 Å². The maximum atomic E-state index is 5.10. The Morgan fingerprint density at radius 2 is 2.14 bits per heavy atom. The van der Waals surface area contributed by atoms with Crippen LogP contribution in [0.4, 0.5) is 5.69 Å². The standard InChI is InChI=1S/C11H16N2O/c1-14-11-4-2-9(3-5-11)13-10-6-7-12-8-10/h2-5,10,12-13H,6-8H2,1H3/t10-/m1/s1. The molecule has 0 aromatic heterocycles. The van der Waals surface area contributed by atoms with Gasteiger partial charge in [0.25, 0.3) is 0 Å². The molecular weight excluding hydrogens is 176 g/mol. The third-order valence-electron chi connectivity index (χ3n) is 2.52. The highest BCUT2D eigenvalue weighted by Crippen LogP contribution is 2.16. The number of hydrogen-bond acceptors (Lipinski definition) is 3. The van der Waals surface area contributed by atoms with Crippen molar-refractivity contribution in [2.24, 2.45) is 0 Å². The van der Waals surface area contributed by atoms with Gasteiger partial charge in [0.15, 0.2) is 0 Å². The van der Waals surface area contributed by atoms with E-state index in [-0.39, 0.29) is 0 Å². The molecule has 1 atom stereocenters. The fourth-order valence-electron chi connectivity index (χ4n) is 1.70.